The van der Waals surface area contributed by atoms with Crippen molar-refractivity contribution in [1.29, 1.82) is 0 Å². The first-order valence-corrected chi connectivity index (χ1v) is 6.47. The van der Waals surface area contributed by atoms with Crippen LogP contribution in [0.2, 0.25) is 0 Å². The van der Waals surface area contributed by atoms with Crippen LogP contribution in [0.3, 0.4) is 0 Å². The molecule has 1 aliphatic heterocycles. The maximum atomic E-state index is 12.6. The Morgan fingerprint density at radius 1 is 1.45 bits per heavy atom. The zero-order valence-electron chi connectivity index (χ0n) is 11.1. The van der Waals surface area contributed by atoms with Gasteiger partial charge in [0.2, 0.25) is 5.82 Å². The fraction of sp³-hybridized carbons (Fsp3) is 0.667. The standard InChI is InChI=1S/C12H17F3N4O/c1-2-8-7(3-4-20-8)6-17-10-5-9(16)18-11(19-10)12(13,14)15/h5,7-8H,2-4,6H2,1H3,(H3,16,17,18,19). The van der Waals surface area contributed by atoms with Crippen LogP contribution in [-0.4, -0.2) is 29.2 Å². The Balaban J connectivity index is 2.04. The van der Waals surface area contributed by atoms with Gasteiger partial charge in [-0.25, -0.2) is 9.97 Å². The van der Waals surface area contributed by atoms with Crippen LogP contribution in [0, 0.1) is 5.92 Å². The maximum absolute atomic E-state index is 12.6. The van der Waals surface area contributed by atoms with Gasteiger partial charge in [0.05, 0.1) is 6.10 Å². The smallest absolute Gasteiger partial charge is 0.384 e. The lowest BCUT2D eigenvalue weighted by atomic mass is 10.00. The number of nitrogens with two attached hydrogens (primary N) is 1. The highest BCUT2D eigenvalue weighted by atomic mass is 19.4. The van der Waals surface area contributed by atoms with E-state index in [1.165, 1.54) is 6.07 Å². The van der Waals surface area contributed by atoms with Crippen molar-refractivity contribution in [2.24, 2.45) is 5.92 Å². The van der Waals surface area contributed by atoms with E-state index in [0.29, 0.717) is 13.2 Å². The monoisotopic (exact) mass is 290 g/mol. The minimum absolute atomic E-state index is 0.0894. The van der Waals surface area contributed by atoms with E-state index < -0.39 is 12.0 Å². The first-order valence-electron chi connectivity index (χ1n) is 6.47. The van der Waals surface area contributed by atoms with Crippen molar-refractivity contribution >= 4 is 11.6 Å². The molecule has 2 heterocycles. The van der Waals surface area contributed by atoms with E-state index in [1.807, 2.05) is 6.92 Å². The van der Waals surface area contributed by atoms with Gasteiger partial charge < -0.3 is 15.8 Å². The lowest BCUT2D eigenvalue weighted by molar-refractivity contribution is -0.144. The average molecular weight is 290 g/mol. The zero-order valence-corrected chi connectivity index (χ0v) is 11.1. The number of nitrogens with zero attached hydrogens (tertiary/aromatic N) is 2. The predicted octanol–water partition coefficient (Wildman–Crippen LogP) is 2.30. The third-order valence-electron chi connectivity index (χ3n) is 3.29. The molecule has 0 saturated carbocycles. The highest BCUT2D eigenvalue weighted by Gasteiger charge is 2.35. The molecule has 0 amide bonds. The summed E-state index contributed by atoms with van der Waals surface area (Å²) in [5.41, 5.74) is 5.38. The van der Waals surface area contributed by atoms with E-state index in [0.717, 1.165) is 12.8 Å². The summed E-state index contributed by atoms with van der Waals surface area (Å²) in [4.78, 5) is 6.64. The van der Waals surface area contributed by atoms with Gasteiger partial charge in [-0.3, -0.25) is 0 Å². The van der Waals surface area contributed by atoms with Gasteiger partial charge in [-0.2, -0.15) is 13.2 Å². The van der Waals surface area contributed by atoms with Gasteiger partial charge >= 0.3 is 6.18 Å². The molecule has 1 fully saturated rings. The van der Waals surface area contributed by atoms with Crippen LogP contribution < -0.4 is 11.1 Å². The van der Waals surface area contributed by atoms with Gasteiger partial charge in [-0.15, -0.1) is 0 Å². The van der Waals surface area contributed by atoms with Gasteiger partial charge in [0.1, 0.15) is 11.6 Å². The fourth-order valence-electron chi connectivity index (χ4n) is 2.30. The van der Waals surface area contributed by atoms with E-state index in [1.54, 1.807) is 0 Å². The molecule has 0 aromatic carbocycles. The number of aromatic nitrogens is 2. The van der Waals surface area contributed by atoms with Crippen LogP contribution in [0.1, 0.15) is 25.6 Å². The van der Waals surface area contributed by atoms with Gasteiger partial charge in [0, 0.05) is 25.1 Å². The number of hydrogen-bond acceptors (Lipinski definition) is 5. The first kappa shape index (κ1) is 14.8. The second-order valence-corrected chi connectivity index (χ2v) is 4.75. The molecule has 0 spiro atoms. The number of rotatable bonds is 4. The number of anilines is 2. The van der Waals surface area contributed by atoms with Crippen molar-refractivity contribution in [2.45, 2.75) is 32.0 Å². The fourth-order valence-corrected chi connectivity index (χ4v) is 2.30. The molecule has 3 N–H and O–H groups in total. The van der Waals surface area contributed by atoms with E-state index >= 15 is 0 Å². The molecule has 1 aromatic heterocycles. The SMILES string of the molecule is CCC1OCCC1CNc1cc(N)nc(C(F)(F)F)n1. The molecule has 0 bridgehead atoms. The summed E-state index contributed by atoms with van der Waals surface area (Å²) in [5.74, 6) is -1.07. The third-order valence-corrected chi connectivity index (χ3v) is 3.29. The van der Waals surface area contributed by atoms with E-state index in [2.05, 4.69) is 15.3 Å². The minimum atomic E-state index is -4.60. The molecule has 0 radical (unpaired) electrons. The lowest BCUT2D eigenvalue weighted by Crippen LogP contribution is -2.24. The molecule has 0 aliphatic carbocycles. The summed E-state index contributed by atoms with van der Waals surface area (Å²) in [6.45, 7) is 3.21. The molecule has 5 nitrogen and oxygen atoms in total. The molecule has 20 heavy (non-hydrogen) atoms. The van der Waals surface area contributed by atoms with Gasteiger partial charge in [0.25, 0.3) is 0 Å². The van der Waals surface area contributed by atoms with Crippen molar-refractivity contribution in [3.8, 4) is 0 Å². The number of ether oxygens (including phenoxy) is 1. The number of alkyl halides is 3. The molecule has 2 atom stereocenters. The predicted molar refractivity (Wildman–Crippen MR) is 68.1 cm³/mol. The van der Waals surface area contributed by atoms with Crippen molar-refractivity contribution < 1.29 is 17.9 Å². The Morgan fingerprint density at radius 2 is 2.20 bits per heavy atom. The van der Waals surface area contributed by atoms with E-state index in [9.17, 15) is 13.2 Å². The molecule has 1 aliphatic rings. The van der Waals surface area contributed by atoms with Crippen molar-refractivity contribution in [1.82, 2.24) is 9.97 Å². The van der Waals surface area contributed by atoms with Gasteiger partial charge in [0.15, 0.2) is 0 Å². The second-order valence-electron chi connectivity index (χ2n) is 4.75. The Bertz CT molecular complexity index is 467. The normalized spacial score (nSPS) is 23.0. The highest BCUT2D eigenvalue weighted by molar-refractivity contribution is 5.45. The number of nitrogen functional groups attached to an aromatic ring is 1. The molecule has 1 aromatic rings. The maximum Gasteiger partial charge on any atom is 0.451 e. The third kappa shape index (κ3) is 3.50. The number of nitrogens with one attached hydrogen (secondary N) is 1. The summed E-state index contributed by atoms with van der Waals surface area (Å²) >= 11 is 0. The van der Waals surface area contributed by atoms with E-state index in [4.69, 9.17) is 10.5 Å². The lowest BCUT2D eigenvalue weighted by Gasteiger charge is -2.18. The molecule has 2 unspecified atom stereocenters. The highest BCUT2D eigenvalue weighted by Crippen LogP contribution is 2.28. The molecular weight excluding hydrogens is 273 g/mol. The molecule has 1 saturated heterocycles. The quantitative estimate of drug-likeness (QED) is 0.890. The molecular formula is C12H17F3N4O. The van der Waals surface area contributed by atoms with Crippen LogP contribution >= 0.6 is 0 Å². The summed E-state index contributed by atoms with van der Waals surface area (Å²) in [6, 6.07) is 1.30. The molecule has 2 rings (SSSR count). The van der Waals surface area contributed by atoms with Crippen molar-refractivity contribution in [3.63, 3.8) is 0 Å². The number of halogens is 3. The Hall–Kier alpha value is -1.57. The summed E-state index contributed by atoms with van der Waals surface area (Å²) in [5, 5.41) is 2.89. The van der Waals surface area contributed by atoms with Crippen LogP contribution in [-0.2, 0) is 10.9 Å². The largest absolute Gasteiger partial charge is 0.451 e. The first-order chi connectivity index (χ1) is 9.40. The summed E-state index contributed by atoms with van der Waals surface area (Å²) in [7, 11) is 0. The van der Waals surface area contributed by atoms with Crippen LogP contribution in [0.5, 0.6) is 0 Å². The summed E-state index contributed by atoms with van der Waals surface area (Å²) in [6.07, 6.45) is -2.69. The van der Waals surface area contributed by atoms with Crippen molar-refractivity contribution in [2.75, 3.05) is 24.2 Å². The zero-order chi connectivity index (χ0) is 14.8. The Labute approximate surface area is 114 Å². The average Bonchev–Trinajstić information content (AvgIpc) is 2.82. The van der Waals surface area contributed by atoms with Gasteiger partial charge in [-0.05, 0) is 12.8 Å². The van der Waals surface area contributed by atoms with Crippen LogP contribution in [0.25, 0.3) is 0 Å². The van der Waals surface area contributed by atoms with Gasteiger partial charge in [-0.1, -0.05) is 6.92 Å². The van der Waals surface area contributed by atoms with Crippen molar-refractivity contribution in [3.05, 3.63) is 11.9 Å². The Morgan fingerprint density at radius 3 is 2.85 bits per heavy atom. The minimum Gasteiger partial charge on any atom is -0.384 e. The van der Waals surface area contributed by atoms with E-state index in [-0.39, 0.29) is 23.7 Å². The molecule has 112 valence electrons. The Kier molecular flexibility index (Phi) is 4.32. The van der Waals surface area contributed by atoms with Crippen LogP contribution in [0.4, 0.5) is 24.8 Å². The molecule has 8 heteroatoms. The topological polar surface area (TPSA) is 73.1 Å². The van der Waals surface area contributed by atoms with Crippen LogP contribution in [0.15, 0.2) is 6.07 Å². The number of hydrogen-bond donors (Lipinski definition) is 2. The summed E-state index contributed by atoms with van der Waals surface area (Å²) < 4.78 is 43.3. The second kappa shape index (κ2) is 5.82.